The van der Waals surface area contributed by atoms with E-state index in [1.165, 1.54) is 6.42 Å². The minimum Gasteiger partial charge on any atom is -0.473 e. The molecule has 1 saturated heterocycles. The molecule has 0 radical (unpaired) electrons. The van der Waals surface area contributed by atoms with Gasteiger partial charge in [-0.25, -0.2) is 9.67 Å². The summed E-state index contributed by atoms with van der Waals surface area (Å²) >= 11 is 0. The van der Waals surface area contributed by atoms with Gasteiger partial charge in [0.1, 0.15) is 11.9 Å². The largest absolute Gasteiger partial charge is 0.473 e. The number of likely N-dealkylation sites (tertiary alicyclic amines) is 1. The van der Waals surface area contributed by atoms with Crippen molar-refractivity contribution >= 4 is 5.78 Å². The van der Waals surface area contributed by atoms with Crippen molar-refractivity contribution in [2.24, 2.45) is 0 Å². The van der Waals surface area contributed by atoms with E-state index in [1.807, 2.05) is 0 Å². The van der Waals surface area contributed by atoms with E-state index in [0.717, 1.165) is 62.8 Å². The van der Waals surface area contributed by atoms with Gasteiger partial charge in [-0.1, -0.05) is 16.8 Å². The maximum absolute atomic E-state index is 13.1. The Labute approximate surface area is 204 Å². The lowest BCUT2D eigenvalue weighted by atomic mass is 9.64. The van der Waals surface area contributed by atoms with Gasteiger partial charge in [-0.05, 0) is 65.5 Å². The van der Waals surface area contributed by atoms with Crippen molar-refractivity contribution in [2.45, 2.75) is 82.3 Å². The lowest BCUT2D eigenvalue weighted by molar-refractivity contribution is -0.128. The van der Waals surface area contributed by atoms with E-state index < -0.39 is 5.41 Å². The van der Waals surface area contributed by atoms with Crippen molar-refractivity contribution < 1.29 is 14.1 Å². The first-order valence-electron chi connectivity index (χ1n) is 12.7. The van der Waals surface area contributed by atoms with Crippen molar-refractivity contribution in [1.29, 1.82) is 0 Å². The van der Waals surface area contributed by atoms with E-state index in [2.05, 4.69) is 34.3 Å². The van der Waals surface area contributed by atoms with Crippen molar-refractivity contribution in [3.05, 3.63) is 29.8 Å². The molecule has 10 heteroatoms. The summed E-state index contributed by atoms with van der Waals surface area (Å²) < 4.78 is 13.9. The molecule has 2 aliphatic carbocycles. The van der Waals surface area contributed by atoms with Crippen LogP contribution in [0.3, 0.4) is 0 Å². The average Bonchev–Trinajstić information content (AvgIpc) is 3.62. The fraction of sp³-hybridized carbons (Fsp3) is 0.600. The molecule has 1 saturated carbocycles. The van der Waals surface area contributed by atoms with E-state index >= 15 is 0 Å². The van der Waals surface area contributed by atoms with Crippen LogP contribution >= 0.6 is 0 Å². The summed E-state index contributed by atoms with van der Waals surface area (Å²) in [5, 5.41) is 12.5. The number of hydrogen-bond acceptors (Lipinski definition) is 9. The second-order valence-corrected chi connectivity index (χ2v) is 10.2. The predicted octanol–water partition coefficient (Wildman–Crippen LogP) is 3.29. The highest BCUT2D eigenvalue weighted by Gasteiger charge is 2.48. The third-order valence-corrected chi connectivity index (χ3v) is 8.03. The summed E-state index contributed by atoms with van der Waals surface area (Å²) in [5.41, 5.74) is 1.01. The first-order chi connectivity index (χ1) is 17.0. The zero-order valence-electron chi connectivity index (χ0n) is 20.3. The summed E-state index contributed by atoms with van der Waals surface area (Å²) in [4.78, 5) is 24.9. The Morgan fingerprint density at radius 3 is 2.83 bits per heavy atom. The van der Waals surface area contributed by atoms with Crippen molar-refractivity contribution in [3.63, 3.8) is 0 Å². The molecule has 0 unspecified atom stereocenters. The van der Waals surface area contributed by atoms with Crippen molar-refractivity contribution in [2.75, 3.05) is 13.6 Å². The number of fused-ring (bicyclic) bond motifs is 2. The molecule has 184 valence electrons. The molecular weight excluding hydrogens is 446 g/mol. The molecule has 10 nitrogen and oxygen atoms in total. The quantitative estimate of drug-likeness (QED) is 0.546. The monoisotopic (exact) mass is 477 g/mol. The van der Waals surface area contributed by atoms with Crippen LogP contribution in [0.25, 0.3) is 17.3 Å². The normalized spacial score (nSPS) is 25.7. The number of ketones is 1. The lowest BCUT2D eigenvalue weighted by Gasteiger charge is -2.36. The fourth-order valence-corrected chi connectivity index (χ4v) is 6.19. The number of Topliss-reactive ketones (excluding diaryl/α,β-unsaturated/α-hetero) is 1. The molecule has 3 aromatic rings. The van der Waals surface area contributed by atoms with Crippen LogP contribution in [0.15, 0.2) is 23.0 Å². The van der Waals surface area contributed by atoms with Crippen LogP contribution in [0, 0.1) is 0 Å². The molecule has 0 bridgehead atoms. The van der Waals surface area contributed by atoms with Gasteiger partial charge in [0.25, 0.3) is 0 Å². The number of likely N-dealkylation sites (N-methyl/N-ethyl adjacent to an activating group) is 1. The molecule has 0 aromatic carbocycles. The van der Waals surface area contributed by atoms with E-state index in [-0.39, 0.29) is 11.9 Å². The Bertz CT molecular complexity index is 1220. The summed E-state index contributed by atoms with van der Waals surface area (Å²) in [7, 11) is 2.13. The zero-order valence-corrected chi connectivity index (χ0v) is 20.3. The summed E-state index contributed by atoms with van der Waals surface area (Å²) in [6, 6.07) is 2.11. The van der Waals surface area contributed by atoms with Gasteiger partial charge in [0.2, 0.25) is 5.88 Å². The minimum absolute atomic E-state index is 0.0387. The fourth-order valence-electron chi connectivity index (χ4n) is 6.19. The standard InChI is InChI=1S/C25H31N7O3/c1-16(18-8-6-13-31(18)2)34-21-15-20(32-14-12-26-30-32)27-24(28-21)22-17-7-5-11-25(23(17)35-29-22)10-4-3-9-19(25)33/h12,14-16,18H,3-11,13H2,1-2H3/t16-,18-,25+/m0/s1. The molecule has 2 fully saturated rings. The Hall–Kier alpha value is -3.14. The van der Waals surface area contributed by atoms with Crippen LogP contribution in [-0.4, -0.2) is 66.5 Å². The van der Waals surface area contributed by atoms with Gasteiger partial charge >= 0.3 is 0 Å². The van der Waals surface area contributed by atoms with Crippen LogP contribution in [0.5, 0.6) is 5.88 Å². The molecule has 1 spiro atoms. The van der Waals surface area contributed by atoms with Gasteiger partial charge in [0, 0.05) is 24.1 Å². The molecule has 4 heterocycles. The summed E-state index contributed by atoms with van der Waals surface area (Å²) in [5.74, 6) is 2.44. The van der Waals surface area contributed by atoms with E-state index in [4.69, 9.17) is 19.2 Å². The van der Waals surface area contributed by atoms with Gasteiger partial charge in [-0.3, -0.25) is 9.69 Å². The number of nitrogens with zero attached hydrogens (tertiary/aromatic N) is 7. The molecule has 0 N–H and O–H groups in total. The average molecular weight is 478 g/mol. The van der Waals surface area contributed by atoms with Gasteiger partial charge in [-0.2, -0.15) is 4.98 Å². The maximum Gasteiger partial charge on any atom is 0.219 e. The zero-order chi connectivity index (χ0) is 24.0. The Morgan fingerprint density at radius 1 is 1.17 bits per heavy atom. The van der Waals surface area contributed by atoms with Crippen LogP contribution in [0.4, 0.5) is 0 Å². The Morgan fingerprint density at radius 2 is 2.06 bits per heavy atom. The molecule has 3 atom stereocenters. The smallest absolute Gasteiger partial charge is 0.219 e. The van der Waals surface area contributed by atoms with Crippen molar-refractivity contribution in [1.82, 2.24) is 35.0 Å². The highest BCUT2D eigenvalue weighted by molar-refractivity contribution is 5.91. The highest BCUT2D eigenvalue weighted by Crippen LogP contribution is 2.47. The maximum atomic E-state index is 13.1. The Balaban J connectivity index is 1.40. The number of rotatable bonds is 5. The molecule has 3 aromatic heterocycles. The number of carbonyl (C=O) groups excluding carboxylic acids is 1. The number of hydrogen-bond donors (Lipinski definition) is 0. The van der Waals surface area contributed by atoms with Gasteiger partial charge < -0.3 is 9.26 Å². The SMILES string of the molecule is C[C@H](Oc1cc(-n2ccnn2)nc(-c2noc3c2CCC[C@@]32CCCCC2=O)n1)[C@@H]1CCCN1C. The highest BCUT2D eigenvalue weighted by atomic mass is 16.5. The summed E-state index contributed by atoms with van der Waals surface area (Å²) in [6.07, 6.45) is 11.5. The number of ether oxygens (including phenoxy) is 1. The third kappa shape index (κ3) is 3.84. The molecular formula is C25H31N7O3. The van der Waals surface area contributed by atoms with Crippen molar-refractivity contribution in [3.8, 4) is 23.2 Å². The first kappa shape index (κ1) is 22.3. The van der Waals surface area contributed by atoms with Crippen LogP contribution in [0.1, 0.15) is 69.6 Å². The lowest BCUT2D eigenvalue weighted by Crippen LogP contribution is -2.41. The molecule has 0 amide bonds. The molecule has 35 heavy (non-hydrogen) atoms. The number of aromatic nitrogens is 6. The minimum atomic E-state index is -0.540. The third-order valence-electron chi connectivity index (χ3n) is 8.03. The van der Waals surface area contributed by atoms with Crippen LogP contribution < -0.4 is 4.74 Å². The topological polar surface area (TPSA) is 112 Å². The number of carbonyl (C=O) groups is 1. The Kier molecular flexibility index (Phi) is 5.63. The van der Waals surface area contributed by atoms with E-state index in [1.54, 1.807) is 23.1 Å². The molecule has 3 aliphatic rings. The predicted molar refractivity (Wildman–Crippen MR) is 126 cm³/mol. The molecule has 1 aliphatic heterocycles. The second kappa shape index (κ2) is 8.82. The van der Waals surface area contributed by atoms with Crippen LogP contribution in [0.2, 0.25) is 0 Å². The summed E-state index contributed by atoms with van der Waals surface area (Å²) in [6.45, 7) is 3.16. The van der Waals surface area contributed by atoms with E-state index in [9.17, 15) is 4.79 Å². The van der Waals surface area contributed by atoms with Gasteiger partial charge in [0.15, 0.2) is 23.1 Å². The molecule has 6 rings (SSSR count). The van der Waals surface area contributed by atoms with Crippen LogP contribution in [-0.2, 0) is 16.6 Å². The van der Waals surface area contributed by atoms with Gasteiger partial charge in [-0.15, -0.1) is 5.10 Å². The van der Waals surface area contributed by atoms with Gasteiger partial charge in [0.05, 0.1) is 17.8 Å². The van der Waals surface area contributed by atoms with E-state index in [0.29, 0.717) is 35.7 Å². The second-order valence-electron chi connectivity index (χ2n) is 10.2. The first-order valence-corrected chi connectivity index (χ1v) is 12.7.